The number of carbonyl (C=O) groups is 1. The number of pyridine rings is 1. The number of aromatic nitrogens is 2. The van der Waals surface area contributed by atoms with Gasteiger partial charge in [-0.2, -0.15) is 13.2 Å². The maximum absolute atomic E-state index is 13.7. The molecule has 2 aromatic heterocycles. The number of aliphatic imine (C=N–C) groups is 1. The average molecular weight is 489 g/mol. The molecule has 2 aromatic rings. The molecule has 1 amide bonds. The molecule has 1 saturated carbocycles. The van der Waals surface area contributed by atoms with Crippen LogP contribution in [0.15, 0.2) is 52.0 Å². The number of likely N-dealkylation sites (tertiary alicyclic amines) is 1. The van der Waals surface area contributed by atoms with E-state index < -0.39 is 11.7 Å². The molecule has 35 heavy (non-hydrogen) atoms. The second kappa shape index (κ2) is 9.55. The number of carbonyl (C=O) groups excluding carboxylic acids is 1. The number of aryl methyl sites for hydroxylation is 2. The van der Waals surface area contributed by atoms with E-state index in [0.717, 1.165) is 12.8 Å². The molecule has 3 heterocycles. The molecule has 4 rings (SSSR count). The van der Waals surface area contributed by atoms with E-state index in [2.05, 4.69) is 26.9 Å². The van der Waals surface area contributed by atoms with Crippen LogP contribution in [0, 0.1) is 25.7 Å². The highest BCUT2D eigenvalue weighted by Crippen LogP contribution is 2.47. The number of oxazole rings is 1. The number of hydrogen-bond donors (Lipinski definition) is 2. The molecule has 0 aromatic carbocycles. The molecule has 0 unspecified atom stereocenters. The quantitative estimate of drug-likeness (QED) is 0.575. The summed E-state index contributed by atoms with van der Waals surface area (Å²) in [5.41, 5.74) is 6.12. The molecule has 0 spiro atoms. The van der Waals surface area contributed by atoms with Crippen LogP contribution >= 0.6 is 0 Å². The van der Waals surface area contributed by atoms with Crippen molar-refractivity contribution >= 4 is 12.1 Å². The van der Waals surface area contributed by atoms with Crippen molar-refractivity contribution in [3.05, 3.63) is 59.7 Å². The highest BCUT2D eigenvalue weighted by molar-refractivity contribution is 5.98. The van der Waals surface area contributed by atoms with Gasteiger partial charge >= 0.3 is 6.18 Å². The highest BCUT2D eigenvalue weighted by Gasteiger charge is 2.47. The Balaban J connectivity index is 1.51. The fourth-order valence-electron chi connectivity index (χ4n) is 4.29. The Hall–Kier alpha value is -3.63. The maximum atomic E-state index is 13.7. The number of allylic oxidation sites excluding steroid dienone is 1. The van der Waals surface area contributed by atoms with E-state index in [1.807, 2.05) is 0 Å². The third-order valence-corrected chi connectivity index (χ3v) is 6.27. The van der Waals surface area contributed by atoms with Gasteiger partial charge in [-0.1, -0.05) is 6.58 Å². The summed E-state index contributed by atoms with van der Waals surface area (Å²) in [7, 11) is 0. The van der Waals surface area contributed by atoms with Gasteiger partial charge in [0, 0.05) is 37.2 Å². The number of nitrogens with zero attached hydrogens (tertiary/aromatic N) is 4. The second-order valence-corrected chi connectivity index (χ2v) is 8.95. The third kappa shape index (κ3) is 5.55. The molecule has 3 atom stereocenters. The van der Waals surface area contributed by atoms with E-state index in [9.17, 15) is 18.0 Å². The fraction of sp³-hybridized carbons (Fsp3) is 0.417. The molecule has 2 fully saturated rings. The lowest BCUT2D eigenvalue weighted by atomic mass is 10.0. The van der Waals surface area contributed by atoms with Crippen LogP contribution in [-0.4, -0.2) is 52.3 Å². The van der Waals surface area contributed by atoms with Crippen molar-refractivity contribution in [2.45, 2.75) is 38.9 Å². The SMILES string of the molecule is C=C(/N=C\C(=C/N)C(F)(F)F)NC[C@@H]1C[C@H]2C[C@H]2CN1C(=O)c1nc(C)ccc1-c1nc(C)co1. The summed E-state index contributed by atoms with van der Waals surface area (Å²) in [5, 5.41) is 2.95. The van der Waals surface area contributed by atoms with Crippen molar-refractivity contribution in [1.82, 2.24) is 20.2 Å². The molecule has 2 aliphatic rings. The monoisotopic (exact) mass is 488 g/mol. The van der Waals surface area contributed by atoms with Crippen molar-refractivity contribution in [3.8, 4) is 11.5 Å². The van der Waals surface area contributed by atoms with Crippen LogP contribution in [0.5, 0.6) is 0 Å². The van der Waals surface area contributed by atoms with Gasteiger partial charge in [-0.3, -0.25) is 4.79 Å². The molecule has 0 radical (unpaired) electrons. The Morgan fingerprint density at radius 2 is 2.06 bits per heavy atom. The van der Waals surface area contributed by atoms with Crippen molar-refractivity contribution in [2.24, 2.45) is 22.6 Å². The van der Waals surface area contributed by atoms with Crippen LogP contribution in [-0.2, 0) is 0 Å². The zero-order valence-electron chi connectivity index (χ0n) is 19.5. The van der Waals surface area contributed by atoms with E-state index in [4.69, 9.17) is 10.2 Å². The lowest BCUT2D eigenvalue weighted by Crippen LogP contribution is -2.49. The van der Waals surface area contributed by atoms with E-state index in [1.54, 1.807) is 30.9 Å². The fourth-order valence-corrected chi connectivity index (χ4v) is 4.29. The molecular weight excluding hydrogens is 461 g/mol. The maximum Gasteiger partial charge on any atom is 0.419 e. The first-order valence-electron chi connectivity index (χ1n) is 11.2. The first kappa shape index (κ1) is 24.5. The van der Waals surface area contributed by atoms with Gasteiger partial charge < -0.3 is 20.4 Å². The second-order valence-electron chi connectivity index (χ2n) is 8.95. The van der Waals surface area contributed by atoms with Crippen LogP contribution in [0.4, 0.5) is 13.2 Å². The zero-order chi connectivity index (χ0) is 25.3. The number of alkyl halides is 3. The average Bonchev–Trinajstić information content (AvgIpc) is 3.44. The summed E-state index contributed by atoms with van der Waals surface area (Å²) in [6.45, 7) is 8.15. The van der Waals surface area contributed by atoms with Crippen LogP contribution in [0.3, 0.4) is 0 Å². The van der Waals surface area contributed by atoms with E-state index >= 15 is 0 Å². The lowest BCUT2D eigenvalue weighted by molar-refractivity contribution is -0.0857. The van der Waals surface area contributed by atoms with Gasteiger partial charge in [0.05, 0.1) is 16.8 Å². The molecule has 1 saturated heterocycles. The van der Waals surface area contributed by atoms with Gasteiger partial charge in [-0.15, -0.1) is 0 Å². The Morgan fingerprint density at radius 1 is 1.29 bits per heavy atom. The van der Waals surface area contributed by atoms with Gasteiger partial charge in [0.1, 0.15) is 17.8 Å². The largest absolute Gasteiger partial charge is 0.444 e. The number of piperidine rings is 1. The first-order valence-corrected chi connectivity index (χ1v) is 11.2. The summed E-state index contributed by atoms with van der Waals surface area (Å²) >= 11 is 0. The van der Waals surface area contributed by atoms with Gasteiger partial charge in [0.2, 0.25) is 5.89 Å². The summed E-state index contributed by atoms with van der Waals surface area (Å²) < 4.78 is 44.0. The molecule has 0 bridgehead atoms. The topological polar surface area (TPSA) is 110 Å². The summed E-state index contributed by atoms with van der Waals surface area (Å²) in [4.78, 5) is 28.1. The van der Waals surface area contributed by atoms with Crippen molar-refractivity contribution in [1.29, 1.82) is 0 Å². The smallest absolute Gasteiger partial charge is 0.419 e. The van der Waals surface area contributed by atoms with E-state index in [-0.39, 0.29) is 30.0 Å². The number of fused-ring (bicyclic) bond motifs is 1. The van der Waals surface area contributed by atoms with Gasteiger partial charge in [0.15, 0.2) is 0 Å². The Labute approximate surface area is 200 Å². The van der Waals surface area contributed by atoms with Crippen LogP contribution in [0.2, 0.25) is 0 Å². The third-order valence-electron chi connectivity index (χ3n) is 6.27. The van der Waals surface area contributed by atoms with E-state index in [1.165, 1.54) is 6.26 Å². The van der Waals surface area contributed by atoms with Crippen LogP contribution in [0.1, 0.15) is 34.7 Å². The predicted octanol–water partition coefficient (Wildman–Crippen LogP) is 3.74. The standard InChI is InChI=1S/C24H27F3N6O2/c1-13-4-5-20(22-32-14(2)12-35-22)21(31-13)23(34)33-11-17-6-16(17)7-19(33)10-30-15(3)29-9-18(8-28)24(25,26)27/h4-5,8-9,12,16-17,19,30H,3,6-7,10-11,28H2,1-2H3/b18-8+,29-9-/t16-,17+,19+/m1/s1. The van der Waals surface area contributed by atoms with Gasteiger partial charge in [0.25, 0.3) is 5.91 Å². The van der Waals surface area contributed by atoms with Gasteiger partial charge in [-0.25, -0.2) is 15.0 Å². The minimum atomic E-state index is -4.61. The van der Waals surface area contributed by atoms with Crippen LogP contribution in [0.25, 0.3) is 11.5 Å². The molecule has 186 valence electrons. The molecule has 3 N–H and O–H groups in total. The van der Waals surface area contributed by atoms with Gasteiger partial charge in [-0.05, 0) is 50.7 Å². The highest BCUT2D eigenvalue weighted by atomic mass is 19.4. The summed E-state index contributed by atoms with van der Waals surface area (Å²) in [6, 6.07) is 3.37. The predicted molar refractivity (Wildman–Crippen MR) is 124 cm³/mol. The summed E-state index contributed by atoms with van der Waals surface area (Å²) in [5.74, 6) is 1.10. The number of halogens is 3. The number of nitrogens with one attached hydrogen (secondary N) is 1. The first-order chi connectivity index (χ1) is 16.6. The lowest BCUT2D eigenvalue weighted by Gasteiger charge is -2.36. The minimum absolute atomic E-state index is 0.0450. The molecule has 11 heteroatoms. The molecule has 1 aliphatic carbocycles. The van der Waals surface area contributed by atoms with Crippen LogP contribution < -0.4 is 11.1 Å². The summed E-state index contributed by atoms with van der Waals surface area (Å²) in [6.07, 6.45) is -0.197. The molecule has 8 nitrogen and oxygen atoms in total. The Morgan fingerprint density at radius 3 is 2.71 bits per heavy atom. The zero-order valence-corrected chi connectivity index (χ0v) is 19.5. The molecular formula is C24H27F3N6O2. The number of amides is 1. The minimum Gasteiger partial charge on any atom is -0.444 e. The van der Waals surface area contributed by atoms with Crippen molar-refractivity contribution in [2.75, 3.05) is 13.1 Å². The van der Waals surface area contributed by atoms with E-state index in [0.29, 0.717) is 53.6 Å². The molecule has 1 aliphatic heterocycles. The van der Waals surface area contributed by atoms with Crippen molar-refractivity contribution < 1.29 is 22.4 Å². The number of rotatable bonds is 7. The normalized spacial score (nSPS) is 22.3. The number of nitrogens with two attached hydrogens (primary N) is 1. The Kier molecular flexibility index (Phi) is 6.68. The Bertz CT molecular complexity index is 1190. The number of hydrogen-bond acceptors (Lipinski definition) is 7. The van der Waals surface area contributed by atoms with Crippen molar-refractivity contribution in [3.63, 3.8) is 0 Å².